The SMILES string of the molecule is COc1cc(C)c(CN(C)CC(=O)Nc2ccc(Cl)cc2C)cc1OC. The first-order chi connectivity index (χ1) is 12.3. The van der Waals surface area contributed by atoms with E-state index in [0.717, 1.165) is 22.4 Å². The maximum absolute atomic E-state index is 12.3. The Morgan fingerprint density at radius 1 is 1.08 bits per heavy atom. The van der Waals surface area contributed by atoms with E-state index in [9.17, 15) is 4.79 Å². The van der Waals surface area contributed by atoms with E-state index < -0.39 is 0 Å². The average molecular weight is 377 g/mol. The topological polar surface area (TPSA) is 50.8 Å². The lowest BCUT2D eigenvalue weighted by atomic mass is 10.1. The van der Waals surface area contributed by atoms with E-state index in [2.05, 4.69) is 5.32 Å². The minimum absolute atomic E-state index is 0.0731. The number of ether oxygens (including phenoxy) is 2. The standard InChI is InChI=1S/C20H25ClN2O3/c1-13-9-18(25-4)19(26-5)10-15(13)11-23(3)12-20(24)22-17-7-6-16(21)8-14(17)2/h6-10H,11-12H2,1-5H3,(H,22,24). The second-order valence-electron chi connectivity index (χ2n) is 6.31. The predicted octanol–water partition coefficient (Wildman–Crippen LogP) is 4.04. The van der Waals surface area contributed by atoms with Crippen LogP contribution in [-0.4, -0.2) is 38.6 Å². The first-order valence-electron chi connectivity index (χ1n) is 8.30. The highest BCUT2D eigenvalue weighted by Crippen LogP contribution is 2.30. The van der Waals surface area contributed by atoms with Gasteiger partial charge in [0.2, 0.25) is 5.91 Å². The van der Waals surface area contributed by atoms with E-state index in [0.29, 0.717) is 23.1 Å². The molecule has 0 aliphatic heterocycles. The van der Waals surface area contributed by atoms with Crippen LogP contribution in [0.1, 0.15) is 16.7 Å². The lowest BCUT2D eigenvalue weighted by Crippen LogP contribution is -2.30. The molecule has 1 N–H and O–H groups in total. The number of hydrogen-bond acceptors (Lipinski definition) is 4. The van der Waals surface area contributed by atoms with Crippen LogP contribution in [0.3, 0.4) is 0 Å². The van der Waals surface area contributed by atoms with Crippen LogP contribution in [0.2, 0.25) is 5.02 Å². The van der Waals surface area contributed by atoms with Crippen molar-refractivity contribution in [2.45, 2.75) is 20.4 Å². The van der Waals surface area contributed by atoms with Crippen molar-refractivity contribution >= 4 is 23.2 Å². The van der Waals surface area contributed by atoms with Gasteiger partial charge in [-0.15, -0.1) is 0 Å². The number of nitrogens with zero attached hydrogens (tertiary/aromatic N) is 1. The highest BCUT2D eigenvalue weighted by molar-refractivity contribution is 6.30. The number of carbonyl (C=O) groups excluding carboxylic acids is 1. The van der Waals surface area contributed by atoms with Crippen molar-refractivity contribution in [2.24, 2.45) is 0 Å². The molecule has 140 valence electrons. The highest BCUT2D eigenvalue weighted by Gasteiger charge is 2.13. The Morgan fingerprint density at radius 2 is 1.73 bits per heavy atom. The van der Waals surface area contributed by atoms with Gasteiger partial charge in [-0.2, -0.15) is 0 Å². The van der Waals surface area contributed by atoms with E-state index in [4.69, 9.17) is 21.1 Å². The van der Waals surface area contributed by atoms with Crippen molar-refractivity contribution in [3.05, 3.63) is 52.0 Å². The Kier molecular flexibility index (Phi) is 6.89. The van der Waals surface area contributed by atoms with E-state index in [1.807, 2.05) is 50.1 Å². The van der Waals surface area contributed by atoms with E-state index in [-0.39, 0.29) is 12.5 Å². The number of rotatable bonds is 7. The third kappa shape index (κ3) is 5.13. The van der Waals surface area contributed by atoms with Gasteiger partial charge in [-0.3, -0.25) is 9.69 Å². The van der Waals surface area contributed by atoms with Gasteiger partial charge in [0.1, 0.15) is 0 Å². The maximum Gasteiger partial charge on any atom is 0.238 e. The summed E-state index contributed by atoms with van der Waals surface area (Å²) in [6.07, 6.45) is 0. The summed E-state index contributed by atoms with van der Waals surface area (Å²) in [7, 11) is 5.14. The van der Waals surface area contributed by atoms with Gasteiger partial charge in [-0.05, 0) is 67.9 Å². The molecule has 0 radical (unpaired) electrons. The molecule has 0 heterocycles. The summed E-state index contributed by atoms with van der Waals surface area (Å²) in [6, 6.07) is 9.30. The van der Waals surface area contributed by atoms with Gasteiger partial charge in [0.15, 0.2) is 11.5 Å². The molecule has 0 saturated carbocycles. The second kappa shape index (κ2) is 8.92. The Balaban J connectivity index is 2.01. The van der Waals surface area contributed by atoms with E-state index in [1.54, 1.807) is 20.3 Å². The van der Waals surface area contributed by atoms with Crippen molar-refractivity contribution in [3.63, 3.8) is 0 Å². The molecular formula is C20H25ClN2O3. The van der Waals surface area contributed by atoms with Crippen molar-refractivity contribution in [3.8, 4) is 11.5 Å². The zero-order valence-corrected chi connectivity index (χ0v) is 16.6. The molecule has 2 rings (SSSR count). The third-order valence-electron chi connectivity index (χ3n) is 4.16. The first-order valence-corrected chi connectivity index (χ1v) is 8.68. The molecule has 2 aromatic rings. The average Bonchev–Trinajstić information content (AvgIpc) is 2.58. The molecule has 0 fully saturated rings. The molecule has 0 atom stereocenters. The largest absolute Gasteiger partial charge is 0.493 e. The molecule has 6 heteroatoms. The third-order valence-corrected chi connectivity index (χ3v) is 4.39. The van der Waals surface area contributed by atoms with Crippen LogP contribution in [0, 0.1) is 13.8 Å². The zero-order chi connectivity index (χ0) is 19.3. The van der Waals surface area contributed by atoms with Crippen LogP contribution in [0.25, 0.3) is 0 Å². The summed E-state index contributed by atoms with van der Waals surface area (Å²) in [5, 5.41) is 3.58. The van der Waals surface area contributed by atoms with Crippen molar-refractivity contribution in [1.29, 1.82) is 0 Å². The quantitative estimate of drug-likeness (QED) is 0.792. The number of aryl methyl sites for hydroxylation is 2. The van der Waals surface area contributed by atoms with Gasteiger partial charge in [0.25, 0.3) is 0 Å². The number of hydrogen-bond donors (Lipinski definition) is 1. The van der Waals surface area contributed by atoms with E-state index in [1.165, 1.54) is 0 Å². The van der Waals surface area contributed by atoms with Crippen molar-refractivity contribution in [2.75, 3.05) is 33.1 Å². The molecule has 2 aromatic carbocycles. The molecule has 1 amide bonds. The predicted molar refractivity (Wildman–Crippen MR) is 105 cm³/mol. The Morgan fingerprint density at radius 3 is 2.35 bits per heavy atom. The van der Waals surface area contributed by atoms with Crippen LogP contribution in [0.5, 0.6) is 11.5 Å². The number of benzene rings is 2. The molecule has 0 aliphatic rings. The molecule has 0 aliphatic carbocycles. The minimum atomic E-state index is -0.0731. The Labute approximate surface area is 159 Å². The number of halogens is 1. The van der Waals surface area contributed by atoms with E-state index >= 15 is 0 Å². The minimum Gasteiger partial charge on any atom is -0.493 e. The smallest absolute Gasteiger partial charge is 0.238 e. The molecule has 0 saturated heterocycles. The number of amides is 1. The first kappa shape index (κ1) is 20.1. The molecule has 0 bridgehead atoms. The summed E-state index contributed by atoms with van der Waals surface area (Å²) in [4.78, 5) is 14.3. The maximum atomic E-state index is 12.3. The fraction of sp³-hybridized carbons (Fsp3) is 0.350. The van der Waals surface area contributed by atoms with Crippen molar-refractivity contribution < 1.29 is 14.3 Å². The lowest BCUT2D eigenvalue weighted by Gasteiger charge is -2.19. The van der Waals surface area contributed by atoms with Crippen LogP contribution >= 0.6 is 11.6 Å². The number of carbonyl (C=O) groups is 1. The number of methoxy groups -OCH3 is 2. The number of likely N-dealkylation sites (N-methyl/N-ethyl adjacent to an activating group) is 1. The van der Waals surface area contributed by atoms with Gasteiger partial charge in [-0.25, -0.2) is 0 Å². The second-order valence-corrected chi connectivity index (χ2v) is 6.75. The summed E-state index contributed by atoms with van der Waals surface area (Å²) < 4.78 is 10.7. The van der Waals surface area contributed by atoms with Crippen LogP contribution < -0.4 is 14.8 Å². The molecule has 0 unspecified atom stereocenters. The van der Waals surface area contributed by atoms with Crippen LogP contribution in [-0.2, 0) is 11.3 Å². The highest BCUT2D eigenvalue weighted by atomic mass is 35.5. The monoisotopic (exact) mass is 376 g/mol. The Bertz CT molecular complexity index is 793. The summed E-state index contributed by atoms with van der Waals surface area (Å²) >= 11 is 5.95. The molecule has 0 aromatic heterocycles. The molecule has 0 spiro atoms. The molecule has 26 heavy (non-hydrogen) atoms. The number of nitrogens with one attached hydrogen (secondary N) is 1. The van der Waals surface area contributed by atoms with Crippen LogP contribution in [0.4, 0.5) is 5.69 Å². The van der Waals surface area contributed by atoms with Gasteiger partial charge in [0, 0.05) is 17.3 Å². The summed E-state index contributed by atoms with van der Waals surface area (Å²) in [5.74, 6) is 1.31. The van der Waals surface area contributed by atoms with Gasteiger partial charge in [-0.1, -0.05) is 11.6 Å². The summed E-state index contributed by atoms with van der Waals surface area (Å²) in [5.41, 5.74) is 3.88. The fourth-order valence-electron chi connectivity index (χ4n) is 2.74. The van der Waals surface area contributed by atoms with Crippen molar-refractivity contribution in [1.82, 2.24) is 4.90 Å². The summed E-state index contributed by atoms with van der Waals surface area (Å²) in [6.45, 7) is 4.83. The number of anilines is 1. The lowest BCUT2D eigenvalue weighted by molar-refractivity contribution is -0.117. The van der Waals surface area contributed by atoms with Gasteiger partial charge >= 0.3 is 0 Å². The van der Waals surface area contributed by atoms with Crippen LogP contribution in [0.15, 0.2) is 30.3 Å². The molecule has 5 nitrogen and oxygen atoms in total. The Hall–Kier alpha value is -2.24. The molecular weight excluding hydrogens is 352 g/mol. The van der Waals surface area contributed by atoms with Gasteiger partial charge < -0.3 is 14.8 Å². The normalized spacial score (nSPS) is 10.7. The fourth-order valence-corrected chi connectivity index (χ4v) is 2.97. The zero-order valence-electron chi connectivity index (χ0n) is 15.9. The van der Waals surface area contributed by atoms with Gasteiger partial charge in [0.05, 0.1) is 20.8 Å².